The Balaban J connectivity index is 2.07. The van der Waals surface area contributed by atoms with Crippen molar-refractivity contribution in [1.29, 1.82) is 0 Å². The Morgan fingerprint density at radius 2 is 2.38 bits per heavy atom. The summed E-state index contributed by atoms with van der Waals surface area (Å²) in [5, 5.41) is 6.97. The Labute approximate surface area is 110 Å². The number of nitrogens with zero attached hydrogens (tertiary/aromatic N) is 1. The molecular weight excluding hydrogens is 316 g/mol. The predicted octanol–water partition coefficient (Wildman–Crippen LogP) is 3.73. The molecular formula is C9H6BrClN2O2S. The van der Waals surface area contributed by atoms with Crippen LogP contribution in [0.15, 0.2) is 27.1 Å². The van der Waals surface area contributed by atoms with Crippen LogP contribution in [0.2, 0.25) is 5.02 Å². The van der Waals surface area contributed by atoms with Crippen molar-refractivity contribution in [2.24, 2.45) is 0 Å². The molecule has 0 spiro atoms. The van der Waals surface area contributed by atoms with Gasteiger partial charge in [-0.25, -0.2) is 5.10 Å². The summed E-state index contributed by atoms with van der Waals surface area (Å²) in [4.78, 5) is 0.230. The molecule has 1 aromatic carbocycles. The largest absolute Gasteiger partial charge is 0.483 e. The highest BCUT2D eigenvalue weighted by molar-refractivity contribution is 9.10. The quantitative estimate of drug-likeness (QED) is 0.875. The van der Waals surface area contributed by atoms with Crippen molar-refractivity contribution in [3.8, 4) is 5.75 Å². The number of aromatic nitrogens is 2. The SMILES string of the molecule is S=c1[nH]nc(COc2ccc(Cl)cc2Br)o1. The zero-order chi connectivity index (χ0) is 11.5. The van der Waals surface area contributed by atoms with E-state index in [0.717, 1.165) is 4.47 Å². The monoisotopic (exact) mass is 320 g/mol. The van der Waals surface area contributed by atoms with Crippen LogP contribution < -0.4 is 4.74 Å². The number of nitrogens with one attached hydrogen (secondary N) is 1. The number of hydrogen-bond acceptors (Lipinski definition) is 4. The first-order chi connectivity index (χ1) is 7.65. The van der Waals surface area contributed by atoms with E-state index in [0.29, 0.717) is 16.7 Å². The van der Waals surface area contributed by atoms with Crippen molar-refractivity contribution in [3.63, 3.8) is 0 Å². The molecule has 0 aliphatic carbocycles. The third kappa shape index (κ3) is 2.84. The Morgan fingerprint density at radius 3 is 3.00 bits per heavy atom. The van der Waals surface area contributed by atoms with E-state index in [1.165, 1.54) is 0 Å². The summed E-state index contributed by atoms with van der Waals surface area (Å²) >= 11 is 13.9. The minimum absolute atomic E-state index is 0.202. The normalized spacial score (nSPS) is 10.4. The number of hydrogen-bond donors (Lipinski definition) is 1. The van der Waals surface area contributed by atoms with Gasteiger partial charge in [-0.05, 0) is 46.3 Å². The van der Waals surface area contributed by atoms with E-state index in [1.807, 2.05) is 0 Å². The lowest BCUT2D eigenvalue weighted by atomic mass is 10.3. The van der Waals surface area contributed by atoms with Gasteiger partial charge in [-0.3, -0.25) is 0 Å². The van der Waals surface area contributed by atoms with E-state index >= 15 is 0 Å². The molecule has 1 aromatic heterocycles. The maximum atomic E-state index is 5.80. The summed E-state index contributed by atoms with van der Waals surface area (Å²) in [5.41, 5.74) is 0. The highest BCUT2D eigenvalue weighted by atomic mass is 79.9. The van der Waals surface area contributed by atoms with Crippen molar-refractivity contribution >= 4 is 39.7 Å². The Bertz CT molecular complexity index is 554. The fourth-order valence-electron chi connectivity index (χ4n) is 1.05. The van der Waals surface area contributed by atoms with Crippen LogP contribution in [0.5, 0.6) is 5.75 Å². The lowest BCUT2D eigenvalue weighted by Crippen LogP contribution is -1.96. The molecule has 0 saturated carbocycles. The molecule has 16 heavy (non-hydrogen) atoms. The molecule has 0 atom stereocenters. The van der Waals surface area contributed by atoms with Gasteiger partial charge in [0.25, 0.3) is 10.7 Å². The highest BCUT2D eigenvalue weighted by Gasteiger charge is 2.05. The molecule has 0 amide bonds. The average Bonchev–Trinajstić information content (AvgIpc) is 2.63. The summed E-state index contributed by atoms with van der Waals surface area (Å²) in [7, 11) is 0. The highest BCUT2D eigenvalue weighted by Crippen LogP contribution is 2.28. The van der Waals surface area contributed by atoms with Gasteiger partial charge in [0.1, 0.15) is 5.75 Å². The van der Waals surface area contributed by atoms with Gasteiger partial charge in [0.05, 0.1) is 4.47 Å². The summed E-state index contributed by atoms with van der Waals surface area (Å²) in [6, 6.07) is 5.24. The third-order valence-corrected chi connectivity index (χ3v) is 2.76. The van der Waals surface area contributed by atoms with E-state index in [-0.39, 0.29) is 11.4 Å². The van der Waals surface area contributed by atoms with Crippen LogP contribution >= 0.6 is 39.7 Å². The zero-order valence-corrected chi connectivity index (χ0v) is 11.0. The van der Waals surface area contributed by atoms with Gasteiger partial charge in [0.15, 0.2) is 6.61 Å². The number of benzene rings is 1. The van der Waals surface area contributed by atoms with E-state index in [1.54, 1.807) is 18.2 Å². The van der Waals surface area contributed by atoms with Crippen molar-refractivity contribution in [2.75, 3.05) is 0 Å². The fraction of sp³-hybridized carbons (Fsp3) is 0.111. The van der Waals surface area contributed by atoms with Gasteiger partial charge in [-0.2, -0.15) is 0 Å². The van der Waals surface area contributed by atoms with Crippen LogP contribution in [-0.2, 0) is 6.61 Å². The second kappa shape index (κ2) is 4.99. The summed E-state index contributed by atoms with van der Waals surface area (Å²) in [6.45, 7) is 0.202. The van der Waals surface area contributed by atoms with Crippen molar-refractivity contribution < 1.29 is 9.15 Å². The maximum absolute atomic E-state index is 5.80. The second-order valence-electron chi connectivity index (χ2n) is 2.87. The van der Waals surface area contributed by atoms with E-state index in [9.17, 15) is 0 Å². The predicted molar refractivity (Wildman–Crippen MR) is 65.2 cm³/mol. The summed E-state index contributed by atoms with van der Waals surface area (Å²) in [5.74, 6) is 1.06. The molecule has 2 rings (SSSR count). The third-order valence-electron chi connectivity index (χ3n) is 1.73. The number of ether oxygens (including phenoxy) is 1. The first kappa shape index (κ1) is 11.6. The van der Waals surface area contributed by atoms with Gasteiger partial charge in [0, 0.05) is 5.02 Å². The van der Waals surface area contributed by atoms with E-state index in [2.05, 4.69) is 26.1 Å². The van der Waals surface area contributed by atoms with Crippen LogP contribution in [0.1, 0.15) is 5.89 Å². The van der Waals surface area contributed by atoms with Gasteiger partial charge >= 0.3 is 0 Å². The lowest BCUT2D eigenvalue weighted by molar-refractivity contribution is 0.260. The Kier molecular flexibility index (Phi) is 3.63. The minimum Gasteiger partial charge on any atom is -0.483 e. The van der Waals surface area contributed by atoms with Crippen molar-refractivity contribution in [1.82, 2.24) is 10.2 Å². The molecule has 7 heteroatoms. The van der Waals surface area contributed by atoms with E-state index in [4.69, 9.17) is 33.0 Å². The Morgan fingerprint density at radius 1 is 1.56 bits per heavy atom. The summed E-state index contributed by atoms with van der Waals surface area (Å²) in [6.07, 6.45) is 0. The number of H-pyrrole nitrogens is 1. The van der Waals surface area contributed by atoms with Gasteiger partial charge < -0.3 is 9.15 Å². The van der Waals surface area contributed by atoms with E-state index < -0.39 is 0 Å². The smallest absolute Gasteiger partial charge is 0.284 e. The van der Waals surface area contributed by atoms with Crippen LogP contribution in [0.25, 0.3) is 0 Å². The van der Waals surface area contributed by atoms with Crippen molar-refractivity contribution in [3.05, 3.63) is 38.4 Å². The van der Waals surface area contributed by atoms with Gasteiger partial charge in [-0.1, -0.05) is 11.6 Å². The zero-order valence-electron chi connectivity index (χ0n) is 7.87. The molecule has 1 heterocycles. The fourth-order valence-corrected chi connectivity index (χ4v) is 1.99. The number of halogens is 2. The van der Waals surface area contributed by atoms with Crippen LogP contribution in [-0.4, -0.2) is 10.2 Å². The molecule has 1 N–H and O–H groups in total. The molecule has 0 fully saturated rings. The minimum atomic E-state index is 0.202. The first-order valence-corrected chi connectivity index (χ1v) is 5.85. The molecule has 84 valence electrons. The molecule has 0 saturated heterocycles. The second-order valence-corrected chi connectivity index (χ2v) is 4.53. The van der Waals surface area contributed by atoms with Gasteiger partial charge in [-0.15, -0.1) is 5.10 Å². The van der Waals surface area contributed by atoms with Crippen LogP contribution in [0, 0.1) is 4.84 Å². The number of aromatic amines is 1. The topological polar surface area (TPSA) is 51.0 Å². The standard InChI is InChI=1S/C9H6BrClN2O2S/c10-6-3-5(11)1-2-7(6)14-4-8-12-13-9(16)15-8/h1-3H,4H2,(H,13,16). The van der Waals surface area contributed by atoms with Gasteiger partial charge in [0.2, 0.25) is 0 Å². The molecule has 2 aromatic rings. The molecule has 0 radical (unpaired) electrons. The molecule has 0 bridgehead atoms. The molecule has 0 unspecified atom stereocenters. The van der Waals surface area contributed by atoms with Crippen molar-refractivity contribution in [2.45, 2.75) is 6.61 Å². The lowest BCUT2D eigenvalue weighted by Gasteiger charge is -2.05. The molecule has 0 aliphatic rings. The molecule has 4 nitrogen and oxygen atoms in total. The summed E-state index contributed by atoms with van der Waals surface area (Å²) < 4.78 is 11.3. The van der Waals surface area contributed by atoms with Crippen LogP contribution in [0.4, 0.5) is 0 Å². The number of rotatable bonds is 3. The first-order valence-electron chi connectivity index (χ1n) is 4.27. The maximum Gasteiger partial charge on any atom is 0.284 e. The Hall–Kier alpha value is -0.850. The van der Waals surface area contributed by atoms with Crippen LogP contribution in [0.3, 0.4) is 0 Å². The molecule has 0 aliphatic heterocycles. The average molecular weight is 322 g/mol.